The van der Waals surface area contributed by atoms with Gasteiger partial charge in [0.25, 0.3) is 0 Å². The molecule has 1 amide bonds. The van der Waals surface area contributed by atoms with Crippen molar-refractivity contribution >= 4 is 33.5 Å². The van der Waals surface area contributed by atoms with Crippen LogP contribution in [0.2, 0.25) is 0 Å². The average Bonchev–Trinajstić information content (AvgIpc) is 3.05. The molecular formula is C17H18BrNO3. The molecule has 0 radical (unpaired) electrons. The van der Waals surface area contributed by atoms with Crippen LogP contribution in [0.25, 0.3) is 0 Å². The minimum absolute atomic E-state index is 0.0316. The Bertz CT molecular complexity index is 661. The second-order valence-corrected chi connectivity index (χ2v) is 7.63. The summed E-state index contributed by atoms with van der Waals surface area (Å²) in [5.74, 6) is -0.0816. The molecule has 1 N–H and O–H groups in total. The molecule has 2 aliphatic carbocycles. The molecule has 5 heteroatoms. The lowest BCUT2D eigenvalue weighted by Gasteiger charge is -2.23. The number of rotatable bonds is 2. The second-order valence-electron chi connectivity index (χ2n) is 6.84. The fourth-order valence-corrected chi connectivity index (χ4v) is 4.84. The van der Waals surface area contributed by atoms with Gasteiger partial charge in [-0.2, -0.15) is 0 Å². The Hall–Kier alpha value is -1.36. The molecule has 22 heavy (non-hydrogen) atoms. The molecule has 1 heterocycles. The van der Waals surface area contributed by atoms with E-state index in [9.17, 15) is 9.59 Å². The first-order valence-corrected chi connectivity index (χ1v) is 8.53. The van der Waals surface area contributed by atoms with Crippen LogP contribution >= 0.6 is 15.9 Å². The molecule has 4 nitrogen and oxygen atoms in total. The molecule has 0 unspecified atom stereocenters. The number of esters is 1. The minimum Gasteiger partial charge on any atom is -0.462 e. The van der Waals surface area contributed by atoms with Crippen molar-refractivity contribution in [1.29, 1.82) is 0 Å². The molecule has 2 saturated carbocycles. The lowest BCUT2D eigenvalue weighted by Crippen LogP contribution is -2.35. The van der Waals surface area contributed by atoms with Crippen molar-refractivity contribution in [1.82, 2.24) is 0 Å². The zero-order valence-corrected chi connectivity index (χ0v) is 14.1. The minimum atomic E-state index is -0.222. The van der Waals surface area contributed by atoms with E-state index in [-0.39, 0.29) is 35.7 Å². The van der Waals surface area contributed by atoms with Crippen LogP contribution in [0.15, 0.2) is 16.6 Å². The summed E-state index contributed by atoms with van der Waals surface area (Å²) in [7, 11) is 0. The number of halogens is 1. The number of amides is 1. The Balaban J connectivity index is 1.57. The first-order chi connectivity index (χ1) is 10.5. The monoisotopic (exact) mass is 363 g/mol. The van der Waals surface area contributed by atoms with E-state index in [4.69, 9.17) is 4.74 Å². The maximum Gasteiger partial charge on any atom is 0.310 e. The summed E-state index contributed by atoms with van der Waals surface area (Å²) >= 11 is 3.53. The van der Waals surface area contributed by atoms with E-state index in [1.165, 1.54) is 0 Å². The molecule has 2 bridgehead atoms. The van der Waals surface area contributed by atoms with Gasteiger partial charge < -0.3 is 10.1 Å². The number of carbonyl (C=O) groups excluding carboxylic acids is 2. The Kier molecular flexibility index (Phi) is 3.12. The van der Waals surface area contributed by atoms with Gasteiger partial charge in [-0.25, -0.2) is 0 Å². The number of nitrogens with one attached hydrogen (secondary N) is 1. The largest absolute Gasteiger partial charge is 0.462 e. The average molecular weight is 364 g/mol. The molecule has 1 saturated heterocycles. The van der Waals surface area contributed by atoms with Crippen molar-refractivity contribution in [2.45, 2.75) is 32.8 Å². The predicted molar refractivity (Wildman–Crippen MR) is 85.3 cm³/mol. The molecule has 1 aromatic rings. The fourth-order valence-electron chi connectivity index (χ4n) is 4.61. The normalized spacial score (nSPS) is 34.9. The van der Waals surface area contributed by atoms with Crippen LogP contribution in [0.5, 0.6) is 0 Å². The molecule has 1 aromatic carbocycles. The zero-order chi connectivity index (χ0) is 15.6. The van der Waals surface area contributed by atoms with Crippen molar-refractivity contribution in [2.75, 3.05) is 5.32 Å². The van der Waals surface area contributed by atoms with Gasteiger partial charge in [0, 0.05) is 16.1 Å². The van der Waals surface area contributed by atoms with Crippen LogP contribution in [-0.2, 0) is 14.3 Å². The van der Waals surface area contributed by atoms with Gasteiger partial charge in [-0.15, -0.1) is 0 Å². The van der Waals surface area contributed by atoms with Crippen LogP contribution in [-0.4, -0.2) is 18.0 Å². The van der Waals surface area contributed by atoms with E-state index in [1.54, 1.807) is 0 Å². The molecule has 116 valence electrons. The quantitative estimate of drug-likeness (QED) is 0.820. The summed E-state index contributed by atoms with van der Waals surface area (Å²) in [6.07, 6.45) is 1.88. The lowest BCUT2D eigenvalue weighted by molar-refractivity contribution is -0.145. The van der Waals surface area contributed by atoms with Crippen LogP contribution in [0.4, 0.5) is 5.69 Å². The summed E-state index contributed by atoms with van der Waals surface area (Å²) in [6.45, 7) is 4.01. The molecular weight excluding hydrogens is 346 g/mol. The summed E-state index contributed by atoms with van der Waals surface area (Å²) in [6, 6.07) is 3.91. The Labute approximate surface area is 137 Å². The van der Waals surface area contributed by atoms with Crippen molar-refractivity contribution in [3.05, 3.63) is 27.7 Å². The third-order valence-electron chi connectivity index (χ3n) is 5.49. The Morgan fingerprint density at radius 2 is 1.95 bits per heavy atom. The van der Waals surface area contributed by atoms with Gasteiger partial charge in [0.2, 0.25) is 5.91 Å². The number of hydrogen-bond acceptors (Lipinski definition) is 3. The second kappa shape index (κ2) is 4.82. The Morgan fingerprint density at radius 1 is 1.27 bits per heavy atom. The van der Waals surface area contributed by atoms with Crippen LogP contribution in [0.1, 0.15) is 24.0 Å². The van der Waals surface area contributed by atoms with Crippen LogP contribution < -0.4 is 5.32 Å². The van der Waals surface area contributed by atoms with Crippen molar-refractivity contribution in [3.63, 3.8) is 0 Å². The van der Waals surface area contributed by atoms with Gasteiger partial charge in [0.1, 0.15) is 6.10 Å². The number of fused-ring (bicyclic) bond motifs is 1. The molecule has 0 aromatic heterocycles. The van der Waals surface area contributed by atoms with E-state index in [0.29, 0.717) is 5.92 Å². The van der Waals surface area contributed by atoms with E-state index >= 15 is 0 Å². The van der Waals surface area contributed by atoms with Gasteiger partial charge in [-0.1, -0.05) is 15.9 Å². The van der Waals surface area contributed by atoms with E-state index in [1.807, 2.05) is 26.0 Å². The van der Waals surface area contributed by atoms with Gasteiger partial charge in [-0.05, 0) is 55.9 Å². The topological polar surface area (TPSA) is 55.4 Å². The standard InChI is InChI=1S/C17H18BrNO3/c1-7-3-10(4-8(2)15(7)18)19-16(20)13-9-5-11-12(6-9)22-17(21)14(11)13/h3-4,9,11-14H,5-6H2,1-2H3,(H,19,20)/t9-,11-,12+,13+,14-/m0/s1. The number of anilines is 1. The number of aryl methyl sites for hydroxylation is 2. The van der Waals surface area contributed by atoms with Crippen LogP contribution in [0.3, 0.4) is 0 Å². The van der Waals surface area contributed by atoms with Gasteiger partial charge in [0.05, 0.1) is 11.8 Å². The molecule has 1 aliphatic heterocycles. The smallest absolute Gasteiger partial charge is 0.310 e. The Morgan fingerprint density at radius 3 is 2.64 bits per heavy atom. The van der Waals surface area contributed by atoms with E-state index in [0.717, 1.165) is 34.1 Å². The predicted octanol–water partition coefficient (Wildman–Crippen LogP) is 3.20. The SMILES string of the molecule is Cc1cc(NC(=O)[C@@H]2[C@H]3C[C@@H]4[C@@H]2C(=O)O[C@@H]4C3)cc(C)c1Br. The molecule has 4 rings (SSSR count). The summed E-state index contributed by atoms with van der Waals surface area (Å²) in [4.78, 5) is 24.7. The van der Waals surface area contributed by atoms with Gasteiger partial charge in [0.15, 0.2) is 0 Å². The summed E-state index contributed by atoms with van der Waals surface area (Å²) in [5.41, 5.74) is 2.97. The first kappa shape index (κ1) is 14.2. The summed E-state index contributed by atoms with van der Waals surface area (Å²) in [5, 5.41) is 3.01. The number of ether oxygens (including phenoxy) is 1. The fraction of sp³-hybridized carbons (Fsp3) is 0.529. The molecule has 0 spiro atoms. The van der Waals surface area contributed by atoms with Crippen molar-refractivity contribution in [3.8, 4) is 0 Å². The zero-order valence-electron chi connectivity index (χ0n) is 12.6. The first-order valence-electron chi connectivity index (χ1n) is 7.74. The number of hydrogen-bond donors (Lipinski definition) is 1. The highest BCUT2D eigenvalue weighted by molar-refractivity contribution is 9.10. The maximum atomic E-state index is 12.7. The summed E-state index contributed by atoms with van der Waals surface area (Å²) < 4.78 is 6.46. The van der Waals surface area contributed by atoms with Gasteiger partial charge in [-0.3, -0.25) is 9.59 Å². The highest BCUT2D eigenvalue weighted by Crippen LogP contribution is 2.57. The van der Waals surface area contributed by atoms with Crippen molar-refractivity contribution < 1.29 is 14.3 Å². The van der Waals surface area contributed by atoms with Crippen LogP contribution in [0, 0.1) is 37.5 Å². The highest BCUT2D eigenvalue weighted by Gasteiger charge is 2.63. The lowest BCUT2D eigenvalue weighted by atomic mass is 9.79. The number of carbonyl (C=O) groups is 2. The molecule has 3 aliphatic rings. The molecule has 5 atom stereocenters. The maximum absolute atomic E-state index is 12.7. The van der Waals surface area contributed by atoms with Gasteiger partial charge >= 0.3 is 5.97 Å². The number of benzene rings is 1. The van der Waals surface area contributed by atoms with Crippen molar-refractivity contribution in [2.24, 2.45) is 23.7 Å². The van der Waals surface area contributed by atoms with E-state index < -0.39 is 0 Å². The molecule has 3 fully saturated rings. The third-order valence-corrected chi connectivity index (χ3v) is 6.74. The third kappa shape index (κ3) is 1.94. The van der Waals surface area contributed by atoms with E-state index in [2.05, 4.69) is 21.2 Å². The highest BCUT2D eigenvalue weighted by atomic mass is 79.9.